The van der Waals surface area contributed by atoms with Crippen molar-refractivity contribution in [2.75, 3.05) is 13.1 Å². The minimum Gasteiger partial charge on any atom is -0.341 e. The molecule has 110 valence electrons. The number of H-pyrrole nitrogens is 1. The summed E-state index contributed by atoms with van der Waals surface area (Å²) in [6, 6.07) is 2.47. The van der Waals surface area contributed by atoms with E-state index in [1.54, 1.807) is 0 Å². The van der Waals surface area contributed by atoms with E-state index in [0.717, 1.165) is 36.6 Å². The van der Waals surface area contributed by atoms with E-state index in [0.29, 0.717) is 12.0 Å². The largest absolute Gasteiger partial charge is 0.341 e. The third kappa shape index (κ3) is 4.02. The summed E-state index contributed by atoms with van der Waals surface area (Å²) in [6.45, 7) is 11.5. The second-order valence-corrected chi connectivity index (χ2v) is 5.82. The fourth-order valence-electron chi connectivity index (χ4n) is 2.17. The van der Waals surface area contributed by atoms with Gasteiger partial charge in [-0.25, -0.2) is 9.97 Å². The van der Waals surface area contributed by atoms with E-state index in [2.05, 4.69) is 46.4 Å². The molecule has 0 aromatic carbocycles. The summed E-state index contributed by atoms with van der Waals surface area (Å²) in [5.41, 5.74) is 3.05. The maximum absolute atomic E-state index is 4.36. The molecule has 1 unspecified atom stereocenters. The number of hydrogen-bond acceptors (Lipinski definition) is 4. The third-order valence-electron chi connectivity index (χ3n) is 3.24. The predicted octanol–water partition coefficient (Wildman–Crippen LogP) is 1.99. The Morgan fingerprint density at radius 1 is 1.25 bits per heavy atom. The zero-order valence-electron chi connectivity index (χ0n) is 12.8. The molecule has 0 aliphatic rings. The molecule has 0 amide bonds. The van der Waals surface area contributed by atoms with Crippen molar-refractivity contribution in [3.8, 4) is 0 Å². The average Bonchev–Trinajstić information content (AvgIpc) is 2.76. The Bertz CT molecular complexity index is 546. The second kappa shape index (κ2) is 6.81. The number of imidazole rings is 1. The molecule has 20 heavy (non-hydrogen) atoms. The van der Waals surface area contributed by atoms with Crippen molar-refractivity contribution < 1.29 is 0 Å². The van der Waals surface area contributed by atoms with Gasteiger partial charge in [-0.1, -0.05) is 13.8 Å². The van der Waals surface area contributed by atoms with E-state index in [9.17, 15) is 0 Å². The van der Waals surface area contributed by atoms with Crippen molar-refractivity contribution in [3.63, 3.8) is 0 Å². The summed E-state index contributed by atoms with van der Waals surface area (Å²) in [7, 11) is 0. The Kier molecular flexibility index (Phi) is 5.09. The molecule has 0 aliphatic heterocycles. The zero-order chi connectivity index (χ0) is 14.5. The molecular formula is C15H25N5. The molecule has 2 rings (SSSR count). The molecule has 2 aromatic rings. The number of hydrogen-bond donors (Lipinski definition) is 3. The molecule has 0 saturated heterocycles. The first-order valence-electron chi connectivity index (χ1n) is 7.30. The average molecular weight is 275 g/mol. The Hall–Kier alpha value is -1.46. The number of aryl methyl sites for hydroxylation is 1. The Morgan fingerprint density at radius 3 is 2.80 bits per heavy atom. The van der Waals surface area contributed by atoms with E-state index in [1.165, 1.54) is 5.56 Å². The quantitative estimate of drug-likeness (QED) is 0.723. The molecule has 0 saturated carbocycles. The highest BCUT2D eigenvalue weighted by atomic mass is 15.0. The lowest BCUT2D eigenvalue weighted by Gasteiger charge is -2.16. The van der Waals surface area contributed by atoms with Gasteiger partial charge in [0.15, 0.2) is 5.65 Å². The Labute approximate surface area is 120 Å². The lowest BCUT2D eigenvalue weighted by atomic mass is 10.2. The number of rotatable bonds is 7. The van der Waals surface area contributed by atoms with E-state index >= 15 is 0 Å². The van der Waals surface area contributed by atoms with Gasteiger partial charge < -0.3 is 15.6 Å². The summed E-state index contributed by atoms with van der Waals surface area (Å²) in [4.78, 5) is 11.9. The van der Waals surface area contributed by atoms with Crippen LogP contribution in [0.1, 0.15) is 32.2 Å². The van der Waals surface area contributed by atoms with Gasteiger partial charge in [-0.15, -0.1) is 0 Å². The molecule has 3 N–H and O–H groups in total. The molecule has 5 nitrogen and oxygen atoms in total. The summed E-state index contributed by atoms with van der Waals surface area (Å²) < 4.78 is 0. The highest BCUT2D eigenvalue weighted by Crippen LogP contribution is 2.13. The molecule has 2 heterocycles. The highest BCUT2D eigenvalue weighted by molar-refractivity contribution is 5.74. The summed E-state index contributed by atoms with van der Waals surface area (Å²) in [5.74, 6) is 1.60. The maximum Gasteiger partial charge on any atom is 0.177 e. The third-order valence-corrected chi connectivity index (χ3v) is 3.24. The van der Waals surface area contributed by atoms with Crippen LogP contribution < -0.4 is 10.6 Å². The number of pyridine rings is 1. The summed E-state index contributed by atoms with van der Waals surface area (Å²) >= 11 is 0. The summed E-state index contributed by atoms with van der Waals surface area (Å²) in [6.07, 6.45) is 1.82. The van der Waals surface area contributed by atoms with Crippen molar-refractivity contribution in [1.82, 2.24) is 25.6 Å². The van der Waals surface area contributed by atoms with E-state index in [1.807, 2.05) is 19.2 Å². The van der Waals surface area contributed by atoms with Gasteiger partial charge in [0.05, 0.1) is 5.52 Å². The Morgan fingerprint density at radius 2 is 2.05 bits per heavy atom. The van der Waals surface area contributed by atoms with Crippen LogP contribution >= 0.6 is 0 Å². The van der Waals surface area contributed by atoms with Crippen LogP contribution in [0.5, 0.6) is 0 Å². The first-order valence-corrected chi connectivity index (χ1v) is 7.30. The van der Waals surface area contributed by atoms with Crippen LogP contribution in [0.25, 0.3) is 11.2 Å². The van der Waals surface area contributed by atoms with Gasteiger partial charge in [0.25, 0.3) is 0 Å². The van der Waals surface area contributed by atoms with Gasteiger partial charge in [0.1, 0.15) is 5.82 Å². The van der Waals surface area contributed by atoms with E-state index < -0.39 is 0 Å². The molecule has 0 bridgehead atoms. The number of fused-ring (bicyclic) bond motifs is 1. The molecule has 2 aromatic heterocycles. The van der Waals surface area contributed by atoms with Crippen molar-refractivity contribution in [3.05, 3.63) is 23.7 Å². The van der Waals surface area contributed by atoms with Crippen LogP contribution in [0.3, 0.4) is 0 Å². The number of aromatic nitrogens is 3. The summed E-state index contributed by atoms with van der Waals surface area (Å²) in [5, 5.41) is 7.00. The predicted molar refractivity (Wildman–Crippen MR) is 82.6 cm³/mol. The van der Waals surface area contributed by atoms with Crippen LogP contribution in [0.4, 0.5) is 0 Å². The van der Waals surface area contributed by atoms with E-state index in [4.69, 9.17) is 0 Å². The van der Waals surface area contributed by atoms with Gasteiger partial charge in [-0.3, -0.25) is 0 Å². The second-order valence-electron chi connectivity index (χ2n) is 5.82. The Balaban J connectivity index is 1.89. The molecule has 0 fully saturated rings. The highest BCUT2D eigenvalue weighted by Gasteiger charge is 2.07. The molecule has 0 radical (unpaired) electrons. The van der Waals surface area contributed by atoms with Crippen molar-refractivity contribution >= 4 is 11.2 Å². The van der Waals surface area contributed by atoms with Gasteiger partial charge in [-0.05, 0) is 37.9 Å². The first kappa shape index (κ1) is 14.9. The number of nitrogens with zero attached hydrogens (tertiary/aromatic N) is 2. The van der Waals surface area contributed by atoms with Crippen LogP contribution in [0.15, 0.2) is 12.3 Å². The maximum atomic E-state index is 4.36. The van der Waals surface area contributed by atoms with Crippen LogP contribution in [-0.2, 0) is 6.54 Å². The molecule has 5 heteroatoms. The van der Waals surface area contributed by atoms with E-state index in [-0.39, 0.29) is 0 Å². The smallest absolute Gasteiger partial charge is 0.177 e. The van der Waals surface area contributed by atoms with Crippen LogP contribution in [0.2, 0.25) is 0 Å². The van der Waals surface area contributed by atoms with Gasteiger partial charge in [-0.2, -0.15) is 0 Å². The van der Waals surface area contributed by atoms with Gasteiger partial charge in [0, 0.05) is 25.3 Å². The molecular weight excluding hydrogens is 250 g/mol. The fourth-order valence-corrected chi connectivity index (χ4v) is 2.17. The minimum absolute atomic E-state index is 0.431. The zero-order valence-corrected chi connectivity index (χ0v) is 12.8. The lowest BCUT2D eigenvalue weighted by Crippen LogP contribution is -2.37. The van der Waals surface area contributed by atoms with Crippen LogP contribution in [0, 0.1) is 12.8 Å². The van der Waals surface area contributed by atoms with Crippen molar-refractivity contribution in [2.45, 2.75) is 40.3 Å². The standard InChI is InChI=1S/C15H25N5/c1-10(2)7-16-8-11(3)18-9-13-5-6-17-15-14(13)19-12(4)20-15/h5-6,10-11,16,18H,7-9H2,1-4H3,(H,17,19,20). The monoisotopic (exact) mass is 275 g/mol. The first-order chi connectivity index (χ1) is 9.56. The minimum atomic E-state index is 0.431. The van der Waals surface area contributed by atoms with Crippen molar-refractivity contribution in [2.24, 2.45) is 5.92 Å². The topological polar surface area (TPSA) is 65.6 Å². The van der Waals surface area contributed by atoms with Crippen LogP contribution in [-0.4, -0.2) is 34.1 Å². The number of nitrogens with one attached hydrogen (secondary N) is 3. The molecule has 1 atom stereocenters. The normalized spacial score (nSPS) is 13.2. The van der Waals surface area contributed by atoms with Gasteiger partial charge >= 0.3 is 0 Å². The molecule has 0 aliphatic carbocycles. The lowest BCUT2D eigenvalue weighted by molar-refractivity contribution is 0.472. The fraction of sp³-hybridized carbons (Fsp3) is 0.600. The number of aromatic amines is 1. The van der Waals surface area contributed by atoms with Gasteiger partial charge in [0.2, 0.25) is 0 Å². The SMILES string of the molecule is Cc1nc2nccc(CNC(C)CNCC(C)C)c2[nH]1. The van der Waals surface area contributed by atoms with Crippen molar-refractivity contribution in [1.29, 1.82) is 0 Å². The molecule has 0 spiro atoms.